The standard InChI is InChI=1S/C16H19NO2S/c1-11-8-16(10-20-11)9-14(18)17-15(19)13(16)7-12-5-3-2-4-6-12/h2-6,11,13H,7-10H2,1H3,(H,17,18,19). The van der Waals surface area contributed by atoms with Gasteiger partial charge in [0, 0.05) is 28.8 Å². The zero-order valence-electron chi connectivity index (χ0n) is 11.6. The third kappa shape index (κ3) is 2.49. The summed E-state index contributed by atoms with van der Waals surface area (Å²) in [4.78, 5) is 24.1. The molecule has 3 unspecified atom stereocenters. The summed E-state index contributed by atoms with van der Waals surface area (Å²) >= 11 is 1.89. The summed E-state index contributed by atoms with van der Waals surface area (Å²) in [6, 6.07) is 10.1. The summed E-state index contributed by atoms with van der Waals surface area (Å²) < 4.78 is 0. The van der Waals surface area contributed by atoms with Crippen LogP contribution >= 0.6 is 11.8 Å². The lowest BCUT2D eigenvalue weighted by molar-refractivity contribution is -0.142. The molecular weight excluding hydrogens is 270 g/mol. The van der Waals surface area contributed by atoms with Gasteiger partial charge in [0.05, 0.1) is 0 Å². The molecule has 0 saturated carbocycles. The second kappa shape index (κ2) is 5.24. The van der Waals surface area contributed by atoms with Gasteiger partial charge in [0.2, 0.25) is 11.8 Å². The molecule has 2 heterocycles. The molecule has 0 radical (unpaired) electrons. The fourth-order valence-electron chi connectivity index (χ4n) is 3.51. The highest BCUT2D eigenvalue weighted by Gasteiger charge is 2.51. The summed E-state index contributed by atoms with van der Waals surface area (Å²) in [5, 5.41) is 3.06. The fraction of sp³-hybridized carbons (Fsp3) is 0.500. The van der Waals surface area contributed by atoms with Gasteiger partial charge in [0.15, 0.2) is 0 Å². The Hall–Kier alpha value is -1.29. The lowest BCUT2D eigenvalue weighted by Crippen LogP contribution is -2.53. The first-order chi connectivity index (χ1) is 9.59. The molecule has 2 aliphatic heterocycles. The van der Waals surface area contributed by atoms with E-state index in [1.165, 1.54) is 5.56 Å². The van der Waals surface area contributed by atoms with Crippen molar-refractivity contribution in [2.24, 2.45) is 11.3 Å². The van der Waals surface area contributed by atoms with E-state index in [4.69, 9.17) is 0 Å². The van der Waals surface area contributed by atoms with Gasteiger partial charge in [-0.1, -0.05) is 37.3 Å². The van der Waals surface area contributed by atoms with Crippen LogP contribution in [0.15, 0.2) is 30.3 Å². The van der Waals surface area contributed by atoms with Gasteiger partial charge in [0.25, 0.3) is 0 Å². The molecule has 0 bridgehead atoms. The number of carbonyl (C=O) groups excluding carboxylic acids is 2. The Morgan fingerprint density at radius 1 is 1.30 bits per heavy atom. The van der Waals surface area contributed by atoms with Gasteiger partial charge in [-0.2, -0.15) is 11.8 Å². The van der Waals surface area contributed by atoms with Gasteiger partial charge in [0.1, 0.15) is 0 Å². The van der Waals surface area contributed by atoms with E-state index in [2.05, 4.69) is 24.4 Å². The van der Waals surface area contributed by atoms with E-state index in [0.29, 0.717) is 11.7 Å². The molecule has 1 spiro atoms. The minimum Gasteiger partial charge on any atom is -0.296 e. The number of hydrogen-bond donors (Lipinski definition) is 1. The van der Waals surface area contributed by atoms with Crippen LogP contribution in [-0.4, -0.2) is 22.8 Å². The Labute approximate surface area is 123 Å². The zero-order chi connectivity index (χ0) is 14.2. The second-order valence-corrected chi connectivity index (χ2v) is 7.45. The van der Waals surface area contributed by atoms with Crippen molar-refractivity contribution in [2.45, 2.75) is 31.4 Å². The van der Waals surface area contributed by atoms with Crippen LogP contribution in [0.25, 0.3) is 0 Å². The number of amides is 2. The van der Waals surface area contributed by atoms with E-state index >= 15 is 0 Å². The van der Waals surface area contributed by atoms with Crippen molar-refractivity contribution in [3.8, 4) is 0 Å². The summed E-state index contributed by atoms with van der Waals surface area (Å²) in [5.74, 6) is 0.652. The topological polar surface area (TPSA) is 46.2 Å². The normalized spacial score (nSPS) is 33.5. The van der Waals surface area contributed by atoms with Crippen molar-refractivity contribution in [1.82, 2.24) is 5.32 Å². The first kappa shape index (κ1) is 13.7. The Kier molecular flexibility index (Phi) is 3.59. The van der Waals surface area contributed by atoms with Crippen LogP contribution in [-0.2, 0) is 16.0 Å². The molecule has 0 aliphatic carbocycles. The highest BCUT2D eigenvalue weighted by molar-refractivity contribution is 8.00. The highest BCUT2D eigenvalue weighted by Crippen LogP contribution is 2.51. The predicted octanol–water partition coefficient (Wildman–Crippen LogP) is 2.40. The van der Waals surface area contributed by atoms with Gasteiger partial charge in [-0.05, 0) is 18.4 Å². The van der Waals surface area contributed by atoms with Gasteiger partial charge in [-0.15, -0.1) is 0 Å². The van der Waals surface area contributed by atoms with Crippen LogP contribution in [0.2, 0.25) is 0 Å². The van der Waals surface area contributed by atoms with Crippen molar-refractivity contribution in [2.75, 3.05) is 5.75 Å². The molecule has 0 aromatic heterocycles. The van der Waals surface area contributed by atoms with E-state index in [-0.39, 0.29) is 23.1 Å². The van der Waals surface area contributed by atoms with Crippen molar-refractivity contribution >= 4 is 23.6 Å². The fourth-order valence-corrected chi connectivity index (χ4v) is 5.00. The molecule has 2 fully saturated rings. The molecule has 3 atom stereocenters. The largest absolute Gasteiger partial charge is 0.296 e. The number of hydrogen-bond acceptors (Lipinski definition) is 3. The molecule has 2 aliphatic rings. The number of rotatable bonds is 2. The Morgan fingerprint density at radius 3 is 2.70 bits per heavy atom. The lowest BCUT2D eigenvalue weighted by Gasteiger charge is -2.39. The third-order valence-electron chi connectivity index (χ3n) is 4.46. The number of thioether (sulfide) groups is 1. The van der Waals surface area contributed by atoms with Gasteiger partial charge in [-0.3, -0.25) is 14.9 Å². The van der Waals surface area contributed by atoms with Crippen LogP contribution in [0.4, 0.5) is 0 Å². The summed E-state index contributed by atoms with van der Waals surface area (Å²) in [6.07, 6.45) is 2.19. The van der Waals surface area contributed by atoms with E-state index in [9.17, 15) is 9.59 Å². The molecule has 3 rings (SSSR count). The van der Waals surface area contributed by atoms with Gasteiger partial charge < -0.3 is 0 Å². The lowest BCUT2D eigenvalue weighted by atomic mass is 9.67. The SMILES string of the molecule is CC1CC2(CS1)CC(=O)NC(=O)C2Cc1ccccc1. The molecule has 1 aromatic rings. The summed E-state index contributed by atoms with van der Waals surface area (Å²) in [7, 11) is 0. The maximum Gasteiger partial charge on any atom is 0.230 e. The van der Waals surface area contributed by atoms with E-state index in [0.717, 1.165) is 18.6 Å². The van der Waals surface area contributed by atoms with Crippen molar-refractivity contribution in [3.63, 3.8) is 0 Å². The number of benzene rings is 1. The zero-order valence-corrected chi connectivity index (χ0v) is 12.4. The molecule has 106 valence electrons. The molecule has 4 heteroatoms. The smallest absolute Gasteiger partial charge is 0.230 e. The van der Waals surface area contributed by atoms with E-state index < -0.39 is 0 Å². The van der Waals surface area contributed by atoms with Gasteiger partial charge in [-0.25, -0.2) is 0 Å². The van der Waals surface area contributed by atoms with Crippen molar-refractivity contribution in [1.29, 1.82) is 0 Å². The van der Waals surface area contributed by atoms with Crippen LogP contribution in [0.3, 0.4) is 0 Å². The first-order valence-corrected chi connectivity index (χ1v) is 8.13. The second-order valence-electron chi connectivity index (χ2n) is 6.02. The number of nitrogens with one attached hydrogen (secondary N) is 1. The Bertz CT molecular complexity index is 531. The number of piperidine rings is 1. The van der Waals surface area contributed by atoms with Crippen LogP contribution in [0.5, 0.6) is 0 Å². The van der Waals surface area contributed by atoms with Crippen molar-refractivity contribution < 1.29 is 9.59 Å². The maximum absolute atomic E-state index is 12.3. The van der Waals surface area contributed by atoms with Crippen LogP contribution in [0.1, 0.15) is 25.3 Å². The van der Waals surface area contributed by atoms with E-state index in [1.54, 1.807) is 0 Å². The quantitative estimate of drug-likeness (QED) is 0.850. The average Bonchev–Trinajstić information content (AvgIpc) is 2.77. The molecule has 2 amide bonds. The number of carbonyl (C=O) groups is 2. The summed E-state index contributed by atoms with van der Waals surface area (Å²) in [6.45, 7) is 2.19. The van der Waals surface area contributed by atoms with Gasteiger partial charge >= 0.3 is 0 Å². The summed E-state index contributed by atoms with van der Waals surface area (Å²) in [5.41, 5.74) is 1.03. The highest BCUT2D eigenvalue weighted by atomic mass is 32.2. The molecule has 20 heavy (non-hydrogen) atoms. The molecule has 3 nitrogen and oxygen atoms in total. The maximum atomic E-state index is 12.3. The molecular formula is C16H19NO2S. The van der Waals surface area contributed by atoms with E-state index in [1.807, 2.05) is 30.0 Å². The average molecular weight is 289 g/mol. The molecule has 1 aromatic carbocycles. The van der Waals surface area contributed by atoms with Crippen molar-refractivity contribution in [3.05, 3.63) is 35.9 Å². The third-order valence-corrected chi connectivity index (χ3v) is 5.94. The Morgan fingerprint density at radius 2 is 2.05 bits per heavy atom. The monoisotopic (exact) mass is 289 g/mol. The molecule has 2 saturated heterocycles. The number of imide groups is 1. The minimum atomic E-state index is -0.140. The molecule has 1 N–H and O–H groups in total. The van der Waals surface area contributed by atoms with Crippen LogP contribution in [0, 0.1) is 11.3 Å². The first-order valence-electron chi connectivity index (χ1n) is 7.08. The van der Waals surface area contributed by atoms with Crippen LogP contribution < -0.4 is 5.32 Å². The minimum absolute atomic E-state index is 0.0833. The Balaban J connectivity index is 1.88. The predicted molar refractivity (Wildman–Crippen MR) is 80.4 cm³/mol.